The fourth-order valence-electron chi connectivity index (χ4n) is 1.26. The van der Waals surface area contributed by atoms with Gasteiger partial charge in [-0.1, -0.05) is 15.9 Å². The van der Waals surface area contributed by atoms with E-state index < -0.39 is 0 Å². The zero-order chi connectivity index (χ0) is 10.8. The van der Waals surface area contributed by atoms with Gasteiger partial charge in [-0.3, -0.25) is 0 Å². The highest BCUT2D eigenvalue weighted by Crippen LogP contribution is 2.25. The molecule has 0 unspecified atom stereocenters. The molecule has 0 saturated carbocycles. The molecule has 0 aliphatic heterocycles. The molecule has 2 rings (SSSR count). The molecule has 0 aliphatic rings. The number of rotatable bonds is 2. The molecule has 1 aromatic heterocycles. The van der Waals surface area contributed by atoms with Gasteiger partial charge in [0.15, 0.2) is 0 Å². The third kappa shape index (κ3) is 2.03. The summed E-state index contributed by atoms with van der Waals surface area (Å²) in [6.07, 6.45) is 0. The summed E-state index contributed by atoms with van der Waals surface area (Å²) in [5.74, 6) is -0.299. The van der Waals surface area contributed by atoms with Crippen molar-refractivity contribution < 1.29 is 9.53 Å². The third-order valence-electron chi connectivity index (χ3n) is 1.90. The van der Waals surface area contributed by atoms with E-state index in [1.807, 2.05) is 18.2 Å². The van der Waals surface area contributed by atoms with Crippen LogP contribution in [0.5, 0.6) is 0 Å². The van der Waals surface area contributed by atoms with Gasteiger partial charge in [-0.2, -0.15) is 4.37 Å². The first-order valence-corrected chi connectivity index (χ1v) is 6.01. The molecule has 1 heterocycles. The van der Waals surface area contributed by atoms with Gasteiger partial charge in [-0.05, 0) is 36.7 Å². The van der Waals surface area contributed by atoms with Crippen molar-refractivity contribution in [3.05, 3.63) is 27.5 Å². The molecular weight excluding hydrogens is 278 g/mol. The summed E-state index contributed by atoms with van der Waals surface area (Å²) in [5.41, 5.74) is 0.817. The summed E-state index contributed by atoms with van der Waals surface area (Å²) in [6, 6.07) is 5.64. The second-order valence-electron chi connectivity index (χ2n) is 2.89. The van der Waals surface area contributed by atoms with Crippen LogP contribution in [0.3, 0.4) is 0 Å². The average molecular weight is 286 g/mol. The van der Waals surface area contributed by atoms with E-state index in [9.17, 15) is 4.79 Å². The molecule has 0 amide bonds. The van der Waals surface area contributed by atoms with Crippen LogP contribution in [-0.2, 0) is 4.74 Å². The molecule has 0 fully saturated rings. The molecule has 0 bridgehead atoms. The molecule has 0 spiro atoms. The Hall–Kier alpha value is -0.940. The normalized spacial score (nSPS) is 10.5. The van der Waals surface area contributed by atoms with Crippen LogP contribution in [0.1, 0.15) is 16.6 Å². The summed E-state index contributed by atoms with van der Waals surface area (Å²) in [6.45, 7) is 2.17. The number of carbonyl (C=O) groups is 1. The van der Waals surface area contributed by atoms with Crippen LogP contribution >= 0.6 is 27.5 Å². The molecule has 1 aromatic carbocycles. The lowest BCUT2D eigenvalue weighted by Gasteiger charge is -1.98. The first-order valence-electron chi connectivity index (χ1n) is 4.44. The Bertz CT molecular complexity index is 509. The van der Waals surface area contributed by atoms with Crippen LogP contribution in [0.2, 0.25) is 0 Å². The van der Waals surface area contributed by atoms with Crippen molar-refractivity contribution in [2.24, 2.45) is 0 Å². The minimum Gasteiger partial charge on any atom is -0.462 e. The lowest BCUT2D eigenvalue weighted by atomic mass is 10.2. The van der Waals surface area contributed by atoms with E-state index >= 15 is 0 Å². The Kier molecular flexibility index (Phi) is 3.02. The maximum absolute atomic E-state index is 11.5. The van der Waals surface area contributed by atoms with Crippen LogP contribution < -0.4 is 0 Å². The maximum Gasteiger partial charge on any atom is 0.350 e. The Morgan fingerprint density at radius 2 is 2.40 bits per heavy atom. The minimum absolute atomic E-state index is 0.299. The number of fused-ring (bicyclic) bond motifs is 1. The Morgan fingerprint density at radius 3 is 3.13 bits per heavy atom. The Labute approximate surface area is 99.4 Å². The number of hydrogen-bond acceptors (Lipinski definition) is 4. The highest BCUT2D eigenvalue weighted by Gasteiger charge is 2.14. The number of benzene rings is 1. The molecule has 2 aromatic rings. The zero-order valence-electron chi connectivity index (χ0n) is 7.99. The highest BCUT2D eigenvalue weighted by atomic mass is 79.9. The summed E-state index contributed by atoms with van der Waals surface area (Å²) < 4.78 is 10.1. The standard InChI is InChI=1S/C10H8BrNO2S/c1-2-14-10(13)9-7-4-3-6(11)5-8(7)12-15-9/h3-5H,2H2,1H3. The largest absolute Gasteiger partial charge is 0.462 e. The molecule has 5 heteroatoms. The quantitative estimate of drug-likeness (QED) is 0.796. The van der Waals surface area contributed by atoms with Crippen molar-refractivity contribution in [2.75, 3.05) is 6.61 Å². The molecule has 0 atom stereocenters. The molecule has 0 N–H and O–H groups in total. The van der Waals surface area contributed by atoms with Gasteiger partial charge in [-0.15, -0.1) is 0 Å². The monoisotopic (exact) mass is 285 g/mol. The van der Waals surface area contributed by atoms with Crippen molar-refractivity contribution in [3.8, 4) is 0 Å². The van der Waals surface area contributed by atoms with Crippen LogP contribution in [-0.4, -0.2) is 16.9 Å². The summed E-state index contributed by atoms with van der Waals surface area (Å²) in [4.78, 5) is 12.1. The van der Waals surface area contributed by atoms with Crippen molar-refractivity contribution in [2.45, 2.75) is 6.92 Å². The minimum atomic E-state index is -0.299. The summed E-state index contributed by atoms with van der Waals surface area (Å²) in [5, 5.41) is 0.849. The van der Waals surface area contributed by atoms with Gasteiger partial charge in [0.1, 0.15) is 4.88 Å². The average Bonchev–Trinajstić information content (AvgIpc) is 2.60. The van der Waals surface area contributed by atoms with E-state index in [-0.39, 0.29) is 5.97 Å². The molecule has 78 valence electrons. The van der Waals surface area contributed by atoms with Crippen molar-refractivity contribution in [3.63, 3.8) is 0 Å². The van der Waals surface area contributed by atoms with Gasteiger partial charge in [0, 0.05) is 9.86 Å². The third-order valence-corrected chi connectivity index (χ3v) is 3.25. The first-order chi connectivity index (χ1) is 7.22. The lowest BCUT2D eigenvalue weighted by molar-refractivity contribution is 0.0534. The van der Waals surface area contributed by atoms with E-state index in [0.717, 1.165) is 15.4 Å². The number of aromatic nitrogens is 1. The topological polar surface area (TPSA) is 39.2 Å². The zero-order valence-corrected chi connectivity index (χ0v) is 10.4. The van der Waals surface area contributed by atoms with E-state index in [1.54, 1.807) is 6.92 Å². The van der Waals surface area contributed by atoms with Crippen molar-refractivity contribution >= 4 is 44.3 Å². The first kappa shape index (κ1) is 10.6. The van der Waals surface area contributed by atoms with Crippen molar-refractivity contribution in [1.29, 1.82) is 0 Å². The van der Waals surface area contributed by atoms with Crippen molar-refractivity contribution in [1.82, 2.24) is 4.37 Å². The van der Waals surface area contributed by atoms with Crippen LogP contribution in [0, 0.1) is 0 Å². The Balaban J connectivity index is 2.49. The van der Waals surface area contributed by atoms with E-state index in [1.165, 1.54) is 11.5 Å². The number of ether oxygens (including phenoxy) is 1. The van der Waals surface area contributed by atoms with Gasteiger partial charge < -0.3 is 4.74 Å². The molecular formula is C10H8BrNO2S. The van der Waals surface area contributed by atoms with E-state index in [2.05, 4.69) is 20.3 Å². The van der Waals surface area contributed by atoms with E-state index in [0.29, 0.717) is 11.5 Å². The lowest BCUT2D eigenvalue weighted by Crippen LogP contribution is -2.02. The molecule has 15 heavy (non-hydrogen) atoms. The van der Waals surface area contributed by atoms with Crippen LogP contribution in [0.15, 0.2) is 22.7 Å². The Morgan fingerprint density at radius 1 is 1.60 bits per heavy atom. The molecule has 3 nitrogen and oxygen atoms in total. The highest BCUT2D eigenvalue weighted by molar-refractivity contribution is 9.10. The summed E-state index contributed by atoms with van der Waals surface area (Å²) >= 11 is 4.53. The number of hydrogen-bond donors (Lipinski definition) is 0. The number of nitrogens with zero attached hydrogens (tertiary/aromatic N) is 1. The van der Waals surface area contributed by atoms with Gasteiger partial charge in [0.25, 0.3) is 0 Å². The smallest absolute Gasteiger partial charge is 0.350 e. The maximum atomic E-state index is 11.5. The number of esters is 1. The molecule has 0 aliphatic carbocycles. The van der Waals surface area contributed by atoms with Crippen LogP contribution in [0.25, 0.3) is 10.9 Å². The SMILES string of the molecule is CCOC(=O)c1snc2cc(Br)ccc12. The molecule has 0 radical (unpaired) electrons. The second-order valence-corrected chi connectivity index (χ2v) is 4.58. The number of halogens is 1. The van der Waals surface area contributed by atoms with Crippen LogP contribution in [0.4, 0.5) is 0 Å². The molecule has 0 saturated heterocycles. The van der Waals surface area contributed by atoms with Gasteiger partial charge in [0.05, 0.1) is 12.1 Å². The van der Waals surface area contributed by atoms with Gasteiger partial charge in [-0.25, -0.2) is 4.79 Å². The summed E-state index contributed by atoms with van der Waals surface area (Å²) in [7, 11) is 0. The number of carbonyl (C=O) groups excluding carboxylic acids is 1. The van der Waals surface area contributed by atoms with Gasteiger partial charge in [0.2, 0.25) is 0 Å². The predicted octanol–water partition coefficient (Wildman–Crippen LogP) is 3.24. The fourth-order valence-corrected chi connectivity index (χ4v) is 2.35. The second kappa shape index (κ2) is 4.28. The predicted molar refractivity (Wildman–Crippen MR) is 63.3 cm³/mol. The van der Waals surface area contributed by atoms with E-state index in [4.69, 9.17) is 4.74 Å². The fraction of sp³-hybridized carbons (Fsp3) is 0.200. The van der Waals surface area contributed by atoms with Gasteiger partial charge >= 0.3 is 5.97 Å².